The van der Waals surface area contributed by atoms with Crippen molar-refractivity contribution in [3.63, 3.8) is 0 Å². The molecule has 2 heterocycles. The third-order valence-electron chi connectivity index (χ3n) is 3.77. The molecule has 0 saturated heterocycles. The number of imide groups is 1. The molecule has 0 fully saturated rings. The topological polar surface area (TPSA) is 70.2 Å². The molecule has 5 heteroatoms. The summed E-state index contributed by atoms with van der Waals surface area (Å²) in [6.45, 7) is 0. The van der Waals surface area contributed by atoms with Gasteiger partial charge in [0.05, 0.1) is 11.3 Å². The van der Waals surface area contributed by atoms with Crippen LogP contribution in [0, 0.1) is 0 Å². The van der Waals surface area contributed by atoms with Gasteiger partial charge in [-0.15, -0.1) is 0 Å². The van der Waals surface area contributed by atoms with Crippen LogP contribution in [0.2, 0.25) is 0 Å². The van der Waals surface area contributed by atoms with Gasteiger partial charge in [0.1, 0.15) is 5.56 Å². The third kappa shape index (κ3) is 1.56. The van der Waals surface area contributed by atoms with Crippen molar-refractivity contribution in [1.82, 2.24) is 4.98 Å². The molecule has 1 N–H and O–H groups in total. The highest BCUT2D eigenvalue weighted by atomic mass is 16.2. The zero-order valence-electron chi connectivity index (χ0n) is 11.4. The first-order valence-corrected chi connectivity index (χ1v) is 6.77. The molecule has 0 saturated carbocycles. The molecule has 1 aliphatic rings. The Morgan fingerprint density at radius 3 is 2.14 bits per heavy atom. The van der Waals surface area contributed by atoms with E-state index in [1.54, 1.807) is 54.6 Å². The molecule has 0 radical (unpaired) electrons. The quantitative estimate of drug-likeness (QED) is 0.699. The molecule has 0 atom stereocenters. The second kappa shape index (κ2) is 4.39. The van der Waals surface area contributed by atoms with Crippen LogP contribution < -0.4 is 10.5 Å². The van der Waals surface area contributed by atoms with Gasteiger partial charge in [0.2, 0.25) is 0 Å². The zero-order chi connectivity index (χ0) is 15.3. The van der Waals surface area contributed by atoms with Crippen LogP contribution in [0.15, 0.2) is 59.4 Å². The Balaban J connectivity index is 2.04. The van der Waals surface area contributed by atoms with Crippen LogP contribution >= 0.6 is 0 Å². The summed E-state index contributed by atoms with van der Waals surface area (Å²) in [6, 6.07) is 15.6. The number of nitrogens with one attached hydrogen (secondary N) is 1. The number of amides is 2. The number of fused-ring (bicyclic) bond motifs is 3. The fourth-order valence-corrected chi connectivity index (χ4v) is 2.80. The number of aromatic amines is 1. The number of aromatic nitrogens is 1. The van der Waals surface area contributed by atoms with Gasteiger partial charge in [-0.3, -0.25) is 14.4 Å². The minimum absolute atomic E-state index is 0.0902. The SMILES string of the molecule is O=C1c2c(c3ccccc3[nH]c2=O)C(=O)N1c1ccccc1. The summed E-state index contributed by atoms with van der Waals surface area (Å²) in [5.74, 6) is -1.05. The fourth-order valence-electron chi connectivity index (χ4n) is 2.80. The normalized spacial score (nSPS) is 13.7. The first kappa shape index (κ1) is 12.5. The lowest BCUT2D eigenvalue weighted by molar-refractivity contribution is 0.0926. The molecule has 22 heavy (non-hydrogen) atoms. The van der Waals surface area contributed by atoms with E-state index in [-0.39, 0.29) is 11.1 Å². The Morgan fingerprint density at radius 2 is 1.36 bits per heavy atom. The number of pyridine rings is 1. The van der Waals surface area contributed by atoms with E-state index in [1.807, 2.05) is 0 Å². The van der Waals surface area contributed by atoms with Crippen molar-refractivity contribution in [2.75, 3.05) is 4.90 Å². The van der Waals surface area contributed by atoms with Crippen LogP contribution in [0.25, 0.3) is 10.9 Å². The molecule has 0 aliphatic carbocycles. The standard InChI is InChI=1S/C17H10N2O3/c20-15-14-13(11-8-4-5-9-12(11)18-15)16(21)19(17(14)22)10-6-2-1-3-7-10/h1-9H,(H,18,20). The summed E-state index contributed by atoms with van der Waals surface area (Å²) >= 11 is 0. The summed E-state index contributed by atoms with van der Waals surface area (Å²) in [7, 11) is 0. The number of hydrogen-bond acceptors (Lipinski definition) is 3. The number of nitrogens with zero attached hydrogens (tertiary/aromatic N) is 1. The average molecular weight is 290 g/mol. The Labute approximate surface area is 124 Å². The van der Waals surface area contributed by atoms with E-state index in [0.717, 1.165) is 4.90 Å². The van der Waals surface area contributed by atoms with Crippen molar-refractivity contribution in [3.05, 3.63) is 76.1 Å². The first-order chi connectivity index (χ1) is 10.7. The number of H-pyrrole nitrogens is 1. The van der Waals surface area contributed by atoms with Gasteiger partial charge in [-0.2, -0.15) is 0 Å². The molecule has 0 unspecified atom stereocenters. The summed E-state index contributed by atoms with van der Waals surface area (Å²) in [5, 5.41) is 0.578. The molecule has 1 aliphatic heterocycles. The van der Waals surface area contributed by atoms with E-state index in [9.17, 15) is 14.4 Å². The average Bonchev–Trinajstić information content (AvgIpc) is 2.80. The van der Waals surface area contributed by atoms with Crippen LogP contribution in [0.3, 0.4) is 0 Å². The van der Waals surface area contributed by atoms with Crippen LogP contribution in [0.5, 0.6) is 0 Å². The van der Waals surface area contributed by atoms with Crippen molar-refractivity contribution in [3.8, 4) is 0 Å². The first-order valence-electron chi connectivity index (χ1n) is 6.77. The molecule has 3 aromatic rings. The fraction of sp³-hybridized carbons (Fsp3) is 0. The van der Waals surface area contributed by atoms with Crippen molar-refractivity contribution in [2.24, 2.45) is 0 Å². The lowest BCUT2D eigenvalue weighted by atomic mass is 10.1. The monoisotopic (exact) mass is 290 g/mol. The molecular weight excluding hydrogens is 280 g/mol. The molecule has 5 nitrogen and oxygen atoms in total. The Kier molecular flexibility index (Phi) is 2.50. The highest BCUT2D eigenvalue weighted by Crippen LogP contribution is 2.30. The summed E-state index contributed by atoms with van der Waals surface area (Å²) in [4.78, 5) is 41.2. The van der Waals surface area contributed by atoms with E-state index >= 15 is 0 Å². The van der Waals surface area contributed by atoms with Gasteiger partial charge < -0.3 is 4.98 Å². The summed E-state index contributed by atoms with van der Waals surface area (Å²) < 4.78 is 0. The van der Waals surface area contributed by atoms with Gasteiger partial charge in [0, 0.05) is 10.9 Å². The zero-order valence-corrected chi connectivity index (χ0v) is 11.4. The molecule has 106 valence electrons. The number of benzene rings is 2. The van der Waals surface area contributed by atoms with E-state index in [2.05, 4.69) is 4.98 Å². The summed E-state index contributed by atoms with van der Waals surface area (Å²) in [6.07, 6.45) is 0. The second-order valence-corrected chi connectivity index (χ2v) is 5.03. The van der Waals surface area contributed by atoms with Gasteiger partial charge in [0.15, 0.2) is 0 Å². The largest absolute Gasteiger partial charge is 0.321 e. The predicted molar refractivity (Wildman–Crippen MR) is 82.2 cm³/mol. The number of carbonyl (C=O) groups is 2. The van der Waals surface area contributed by atoms with Crippen molar-refractivity contribution >= 4 is 28.4 Å². The van der Waals surface area contributed by atoms with Crippen LogP contribution in [0.4, 0.5) is 5.69 Å². The van der Waals surface area contributed by atoms with Crippen molar-refractivity contribution in [2.45, 2.75) is 0 Å². The smallest absolute Gasteiger partial charge is 0.271 e. The van der Waals surface area contributed by atoms with Crippen LogP contribution in [-0.2, 0) is 0 Å². The predicted octanol–water partition coefficient (Wildman–Crippen LogP) is 2.33. The number of para-hydroxylation sites is 2. The number of anilines is 1. The molecule has 1 aromatic heterocycles. The maximum Gasteiger partial charge on any atom is 0.271 e. The maximum atomic E-state index is 12.7. The minimum Gasteiger partial charge on any atom is -0.321 e. The van der Waals surface area contributed by atoms with Crippen molar-refractivity contribution in [1.29, 1.82) is 0 Å². The third-order valence-corrected chi connectivity index (χ3v) is 3.77. The molecule has 2 aromatic carbocycles. The van der Waals surface area contributed by atoms with E-state index < -0.39 is 17.4 Å². The minimum atomic E-state index is -0.585. The molecule has 0 bridgehead atoms. The molecular formula is C17H10N2O3. The second-order valence-electron chi connectivity index (χ2n) is 5.03. The van der Waals surface area contributed by atoms with Crippen molar-refractivity contribution < 1.29 is 9.59 Å². The Bertz CT molecular complexity index is 990. The van der Waals surface area contributed by atoms with Gasteiger partial charge in [-0.25, -0.2) is 4.90 Å². The molecule has 0 spiro atoms. The van der Waals surface area contributed by atoms with E-state index in [1.165, 1.54) is 0 Å². The lowest BCUT2D eigenvalue weighted by Gasteiger charge is -2.13. The van der Waals surface area contributed by atoms with E-state index in [4.69, 9.17) is 0 Å². The van der Waals surface area contributed by atoms with Crippen LogP contribution in [-0.4, -0.2) is 16.8 Å². The molecule has 4 rings (SSSR count). The van der Waals surface area contributed by atoms with Gasteiger partial charge in [-0.1, -0.05) is 36.4 Å². The Hall–Kier alpha value is -3.21. The lowest BCUT2D eigenvalue weighted by Crippen LogP contribution is -2.30. The highest BCUT2D eigenvalue weighted by Gasteiger charge is 2.40. The summed E-state index contributed by atoms with van der Waals surface area (Å²) in [5.41, 5.74) is 0.547. The Morgan fingerprint density at radius 1 is 0.727 bits per heavy atom. The van der Waals surface area contributed by atoms with E-state index in [0.29, 0.717) is 16.6 Å². The van der Waals surface area contributed by atoms with Crippen LogP contribution in [0.1, 0.15) is 20.7 Å². The van der Waals surface area contributed by atoms with Gasteiger partial charge in [-0.05, 0) is 18.2 Å². The van der Waals surface area contributed by atoms with Gasteiger partial charge in [0.25, 0.3) is 17.4 Å². The number of hydrogen-bond donors (Lipinski definition) is 1. The molecule has 2 amide bonds. The maximum absolute atomic E-state index is 12.7. The number of carbonyl (C=O) groups excluding carboxylic acids is 2. The highest BCUT2D eigenvalue weighted by molar-refractivity contribution is 6.37. The van der Waals surface area contributed by atoms with Gasteiger partial charge >= 0.3 is 0 Å². The number of rotatable bonds is 1.